The van der Waals surface area contributed by atoms with E-state index in [1.807, 2.05) is 0 Å². The van der Waals surface area contributed by atoms with Crippen LogP contribution in [0.2, 0.25) is 0 Å². The Kier molecular flexibility index (Phi) is 4.11. The van der Waals surface area contributed by atoms with Crippen molar-refractivity contribution in [1.29, 1.82) is 0 Å². The highest BCUT2D eigenvalue weighted by atomic mass is 32.2. The summed E-state index contributed by atoms with van der Waals surface area (Å²) in [6, 6.07) is 0. The van der Waals surface area contributed by atoms with Gasteiger partial charge in [-0.15, -0.1) is 0 Å². The van der Waals surface area contributed by atoms with E-state index >= 15 is 0 Å². The minimum atomic E-state index is -3.08. The minimum absolute atomic E-state index is 0.0323. The fraction of sp³-hybridized carbons (Fsp3) is 1.00. The molecule has 0 aliphatic carbocycles. The summed E-state index contributed by atoms with van der Waals surface area (Å²) in [7, 11) is -3.08. The Morgan fingerprint density at radius 1 is 1.62 bits per heavy atom. The number of sulfonamides is 1. The van der Waals surface area contributed by atoms with Crippen molar-refractivity contribution < 1.29 is 13.2 Å². The molecule has 2 N–H and O–H groups in total. The SMILES string of the molecule is CCS(=O)(=O)NCC1CNCCO1. The van der Waals surface area contributed by atoms with Gasteiger partial charge in [-0.05, 0) is 6.92 Å². The third kappa shape index (κ3) is 4.04. The maximum atomic E-state index is 11.1. The van der Waals surface area contributed by atoms with Gasteiger partial charge in [0.25, 0.3) is 0 Å². The Morgan fingerprint density at radius 3 is 2.92 bits per heavy atom. The topological polar surface area (TPSA) is 67.4 Å². The Bertz CT molecular complexity index is 234. The van der Waals surface area contributed by atoms with Gasteiger partial charge in [-0.2, -0.15) is 0 Å². The van der Waals surface area contributed by atoms with Crippen LogP contribution in [0.25, 0.3) is 0 Å². The van der Waals surface area contributed by atoms with Crippen molar-refractivity contribution in [3.63, 3.8) is 0 Å². The number of ether oxygens (including phenoxy) is 1. The van der Waals surface area contributed by atoms with Gasteiger partial charge in [0.15, 0.2) is 0 Å². The van der Waals surface area contributed by atoms with Crippen LogP contribution in [0.15, 0.2) is 0 Å². The van der Waals surface area contributed by atoms with Gasteiger partial charge in [0, 0.05) is 19.6 Å². The van der Waals surface area contributed by atoms with Crippen LogP contribution < -0.4 is 10.0 Å². The predicted octanol–water partition coefficient (Wildman–Crippen LogP) is -1.09. The molecule has 0 radical (unpaired) electrons. The Labute approximate surface area is 78.9 Å². The zero-order chi connectivity index (χ0) is 9.73. The van der Waals surface area contributed by atoms with E-state index < -0.39 is 10.0 Å². The summed E-state index contributed by atoms with van der Waals surface area (Å²) in [5, 5.41) is 3.13. The molecule has 0 amide bonds. The van der Waals surface area contributed by atoms with Gasteiger partial charge in [-0.3, -0.25) is 0 Å². The van der Waals surface area contributed by atoms with Crippen LogP contribution in [0.1, 0.15) is 6.92 Å². The third-order valence-corrected chi connectivity index (χ3v) is 3.28. The molecule has 0 aromatic rings. The molecule has 1 unspecified atom stereocenters. The molecular formula is C7H16N2O3S. The summed E-state index contributed by atoms with van der Waals surface area (Å²) in [6.07, 6.45) is -0.0323. The summed E-state index contributed by atoms with van der Waals surface area (Å²) >= 11 is 0. The minimum Gasteiger partial charge on any atom is -0.374 e. The highest BCUT2D eigenvalue weighted by Crippen LogP contribution is 1.95. The van der Waals surface area contributed by atoms with E-state index in [4.69, 9.17) is 4.74 Å². The lowest BCUT2D eigenvalue weighted by Gasteiger charge is -2.23. The standard InChI is InChI=1S/C7H16N2O3S/c1-2-13(10,11)9-6-7-5-8-3-4-12-7/h7-9H,2-6H2,1H3. The number of rotatable bonds is 4. The molecule has 1 aliphatic rings. The van der Waals surface area contributed by atoms with Crippen molar-refractivity contribution >= 4 is 10.0 Å². The van der Waals surface area contributed by atoms with Crippen LogP contribution in [0, 0.1) is 0 Å². The van der Waals surface area contributed by atoms with Crippen LogP contribution in [0.3, 0.4) is 0 Å². The lowest BCUT2D eigenvalue weighted by Crippen LogP contribution is -2.45. The molecule has 1 rings (SSSR count). The van der Waals surface area contributed by atoms with Crippen LogP contribution >= 0.6 is 0 Å². The van der Waals surface area contributed by atoms with Gasteiger partial charge in [0.2, 0.25) is 10.0 Å². The summed E-state index contributed by atoms with van der Waals surface area (Å²) < 4.78 is 29.9. The average molecular weight is 208 g/mol. The Balaban J connectivity index is 2.25. The molecule has 1 saturated heterocycles. The summed E-state index contributed by atoms with van der Waals surface area (Å²) in [5.74, 6) is 0.118. The second kappa shape index (κ2) is 4.90. The van der Waals surface area contributed by atoms with Gasteiger partial charge >= 0.3 is 0 Å². The van der Waals surface area contributed by atoms with E-state index in [1.165, 1.54) is 0 Å². The summed E-state index contributed by atoms with van der Waals surface area (Å²) in [6.45, 7) is 4.19. The molecule has 13 heavy (non-hydrogen) atoms. The highest BCUT2D eigenvalue weighted by molar-refractivity contribution is 7.89. The normalized spacial score (nSPS) is 24.5. The van der Waals surface area contributed by atoms with E-state index in [-0.39, 0.29) is 11.9 Å². The molecule has 0 saturated carbocycles. The smallest absolute Gasteiger partial charge is 0.211 e. The number of hydrogen-bond donors (Lipinski definition) is 2. The van der Waals surface area contributed by atoms with Gasteiger partial charge in [-0.1, -0.05) is 0 Å². The largest absolute Gasteiger partial charge is 0.374 e. The van der Waals surface area contributed by atoms with Crippen LogP contribution in [0.4, 0.5) is 0 Å². The monoisotopic (exact) mass is 208 g/mol. The average Bonchev–Trinajstić information content (AvgIpc) is 2.17. The lowest BCUT2D eigenvalue weighted by atomic mass is 10.3. The molecule has 0 bridgehead atoms. The quantitative estimate of drug-likeness (QED) is 0.616. The van der Waals surface area contributed by atoms with Gasteiger partial charge < -0.3 is 10.1 Å². The second-order valence-electron chi connectivity index (χ2n) is 2.95. The van der Waals surface area contributed by atoms with Gasteiger partial charge in [0.05, 0.1) is 18.5 Å². The van der Waals surface area contributed by atoms with Crippen molar-refractivity contribution in [2.75, 3.05) is 32.0 Å². The molecule has 6 heteroatoms. The molecule has 1 heterocycles. The van der Waals surface area contributed by atoms with Crippen molar-refractivity contribution in [3.05, 3.63) is 0 Å². The fourth-order valence-corrected chi connectivity index (χ4v) is 1.72. The van der Waals surface area contributed by atoms with E-state index in [0.29, 0.717) is 19.7 Å². The van der Waals surface area contributed by atoms with E-state index in [9.17, 15) is 8.42 Å². The maximum Gasteiger partial charge on any atom is 0.211 e. The molecule has 0 spiro atoms. The lowest BCUT2D eigenvalue weighted by molar-refractivity contribution is 0.0324. The molecule has 5 nitrogen and oxygen atoms in total. The molecule has 0 aromatic heterocycles. The summed E-state index contributed by atoms with van der Waals surface area (Å²) in [4.78, 5) is 0. The first-order valence-corrected chi connectivity index (χ1v) is 6.09. The fourth-order valence-electron chi connectivity index (χ4n) is 1.07. The second-order valence-corrected chi connectivity index (χ2v) is 5.04. The summed E-state index contributed by atoms with van der Waals surface area (Å²) in [5.41, 5.74) is 0. The highest BCUT2D eigenvalue weighted by Gasteiger charge is 2.15. The Hall–Kier alpha value is -0.170. The maximum absolute atomic E-state index is 11.1. The van der Waals surface area contributed by atoms with Crippen molar-refractivity contribution in [2.24, 2.45) is 0 Å². The Morgan fingerprint density at radius 2 is 2.38 bits per heavy atom. The molecule has 1 fully saturated rings. The third-order valence-electron chi connectivity index (χ3n) is 1.92. The number of hydrogen-bond acceptors (Lipinski definition) is 4. The van der Waals surface area contributed by atoms with Crippen LogP contribution in [-0.2, 0) is 14.8 Å². The van der Waals surface area contributed by atoms with Gasteiger partial charge in [0.1, 0.15) is 0 Å². The number of nitrogens with one attached hydrogen (secondary N) is 2. The molecular weight excluding hydrogens is 192 g/mol. The van der Waals surface area contributed by atoms with Crippen LogP contribution in [-0.4, -0.2) is 46.5 Å². The molecule has 0 aromatic carbocycles. The van der Waals surface area contributed by atoms with E-state index in [0.717, 1.165) is 6.54 Å². The zero-order valence-corrected chi connectivity index (χ0v) is 8.56. The van der Waals surface area contributed by atoms with Crippen LogP contribution in [0.5, 0.6) is 0 Å². The van der Waals surface area contributed by atoms with E-state index in [2.05, 4.69) is 10.0 Å². The molecule has 1 aliphatic heterocycles. The predicted molar refractivity (Wildman–Crippen MR) is 50.1 cm³/mol. The van der Waals surface area contributed by atoms with Crippen molar-refractivity contribution in [2.45, 2.75) is 13.0 Å². The first-order valence-electron chi connectivity index (χ1n) is 4.43. The van der Waals surface area contributed by atoms with Crippen molar-refractivity contribution in [3.8, 4) is 0 Å². The zero-order valence-electron chi connectivity index (χ0n) is 7.75. The molecule has 78 valence electrons. The van der Waals surface area contributed by atoms with Crippen molar-refractivity contribution in [1.82, 2.24) is 10.0 Å². The number of morpholine rings is 1. The van der Waals surface area contributed by atoms with E-state index in [1.54, 1.807) is 6.92 Å². The first-order chi connectivity index (χ1) is 6.14. The molecule has 1 atom stereocenters. The first kappa shape index (κ1) is 10.9. The van der Waals surface area contributed by atoms with Gasteiger partial charge in [-0.25, -0.2) is 13.1 Å².